The van der Waals surface area contributed by atoms with Crippen LogP contribution in [0.2, 0.25) is 0 Å². The molecule has 0 aliphatic heterocycles. The van der Waals surface area contributed by atoms with E-state index in [2.05, 4.69) is 81.4 Å². The van der Waals surface area contributed by atoms with Crippen LogP contribution in [0.3, 0.4) is 0 Å². The van der Waals surface area contributed by atoms with Crippen LogP contribution in [-0.2, 0) is 4.43 Å². The molecule has 0 amide bonds. The molecule has 0 N–H and O–H groups in total. The third-order valence-electron chi connectivity index (χ3n) is 5.45. The lowest BCUT2D eigenvalue weighted by Gasteiger charge is -2.41. The average Bonchev–Trinajstić information content (AvgIpc) is 2.62. The minimum absolute atomic E-state index is 0.0192. The second kappa shape index (κ2) is 7.67. The summed E-state index contributed by atoms with van der Waals surface area (Å²) in [5, 5.41) is 2.70. The summed E-state index contributed by atoms with van der Waals surface area (Å²) in [4.78, 5) is 0. The van der Waals surface area contributed by atoms with Crippen LogP contribution in [0.25, 0.3) is 0 Å². The van der Waals surface area contributed by atoms with E-state index in [4.69, 9.17) is 4.43 Å². The average molecular weight is 338 g/mol. The number of hydrogen-bond acceptors (Lipinski definition) is 1. The first kappa shape index (κ1) is 17.4. The molecule has 0 atom stereocenters. The van der Waals surface area contributed by atoms with E-state index in [1.807, 2.05) is 0 Å². The number of rotatable bonds is 5. The van der Waals surface area contributed by atoms with Gasteiger partial charge in [-0.2, -0.15) is 0 Å². The Balaban J connectivity index is 1.80. The molecule has 0 bridgehead atoms. The minimum atomic E-state index is -1.19. The monoisotopic (exact) mass is 337 g/mol. The predicted octanol–water partition coefficient (Wildman–Crippen LogP) is 4.41. The zero-order valence-electron chi connectivity index (χ0n) is 15.2. The van der Waals surface area contributed by atoms with Gasteiger partial charge in [-0.3, -0.25) is 0 Å². The molecule has 3 rings (SSSR count). The van der Waals surface area contributed by atoms with Gasteiger partial charge in [0.2, 0.25) is 0 Å². The van der Waals surface area contributed by atoms with Crippen molar-refractivity contribution in [2.75, 3.05) is 0 Å². The van der Waals surface area contributed by atoms with Gasteiger partial charge >= 0.3 is 0 Å². The molecule has 127 valence electrons. The van der Waals surface area contributed by atoms with E-state index in [9.17, 15) is 0 Å². The van der Waals surface area contributed by atoms with Gasteiger partial charge in [-0.25, -0.2) is 0 Å². The third-order valence-corrected chi connectivity index (χ3v) is 7.86. The van der Waals surface area contributed by atoms with E-state index in [1.54, 1.807) is 0 Å². The van der Waals surface area contributed by atoms with E-state index in [0.29, 0.717) is 0 Å². The molecule has 24 heavy (non-hydrogen) atoms. The summed E-state index contributed by atoms with van der Waals surface area (Å²) in [6.45, 7) is 7.05. The topological polar surface area (TPSA) is 9.23 Å². The first-order valence-electron chi connectivity index (χ1n) is 9.24. The van der Waals surface area contributed by atoms with Crippen LogP contribution in [0.5, 0.6) is 0 Å². The van der Waals surface area contributed by atoms with Gasteiger partial charge in [0.15, 0.2) is 0 Å². The summed E-state index contributed by atoms with van der Waals surface area (Å²) < 4.78 is 6.88. The minimum Gasteiger partial charge on any atom is -0.402 e. The fourth-order valence-corrected chi connectivity index (χ4v) is 5.99. The first-order chi connectivity index (χ1) is 11.6. The molecule has 1 radical (unpaired) electrons. The van der Waals surface area contributed by atoms with Crippen LogP contribution >= 0.6 is 0 Å². The quantitative estimate of drug-likeness (QED) is 0.734. The largest absolute Gasteiger partial charge is 0.402 e. The van der Waals surface area contributed by atoms with Crippen molar-refractivity contribution in [3.05, 3.63) is 60.7 Å². The standard InChI is InChI=1S/C22H29OSi/c1-18(2)19-14-16-22(3,17-15-19)23-24(20-10-6-4-7-11-20)21-12-8-5-9-13-21/h4-13,18-19H,14-17H2,1-3H3. The summed E-state index contributed by atoms with van der Waals surface area (Å²) in [5.74, 6) is 1.66. The summed E-state index contributed by atoms with van der Waals surface area (Å²) in [7, 11) is -1.19. The van der Waals surface area contributed by atoms with Crippen molar-refractivity contribution >= 4 is 19.4 Å². The smallest absolute Gasteiger partial charge is 0.283 e. The van der Waals surface area contributed by atoms with E-state index in [0.717, 1.165) is 11.8 Å². The van der Waals surface area contributed by atoms with Gasteiger partial charge in [0.05, 0.1) is 5.60 Å². The van der Waals surface area contributed by atoms with Crippen molar-refractivity contribution < 1.29 is 4.43 Å². The molecular weight excluding hydrogens is 308 g/mol. The zero-order chi connectivity index (χ0) is 17.0. The molecule has 1 saturated carbocycles. The van der Waals surface area contributed by atoms with Crippen molar-refractivity contribution in [2.24, 2.45) is 11.8 Å². The van der Waals surface area contributed by atoms with Crippen LogP contribution in [0.4, 0.5) is 0 Å². The number of benzene rings is 2. The highest BCUT2D eigenvalue weighted by atomic mass is 28.3. The summed E-state index contributed by atoms with van der Waals surface area (Å²) >= 11 is 0. The maximum Gasteiger partial charge on any atom is 0.283 e. The van der Waals surface area contributed by atoms with E-state index in [1.165, 1.54) is 36.1 Å². The van der Waals surface area contributed by atoms with Crippen LogP contribution in [0.15, 0.2) is 60.7 Å². The predicted molar refractivity (Wildman–Crippen MR) is 104 cm³/mol. The van der Waals surface area contributed by atoms with Gasteiger partial charge < -0.3 is 4.43 Å². The molecule has 0 spiro atoms. The highest BCUT2D eigenvalue weighted by Gasteiger charge is 2.36. The Kier molecular flexibility index (Phi) is 5.57. The molecule has 1 aliphatic carbocycles. The SMILES string of the molecule is CC(C)C1CCC(C)(O[Si](c2ccccc2)c2ccccc2)CC1. The number of hydrogen-bond donors (Lipinski definition) is 0. The fourth-order valence-electron chi connectivity index (χ4n) is 3.73. The Morgan fingerprint density at radius 3 is 1.75 bits per heavy atom. The summed E-state index contributed by atoms with van der Waals surface area (Å²) in [6.07, 6.45) is 4.97. The van der Waals surface area contributed by atoms with E-state index >= 15 is 0 Å². The molecule has 2 heteroatoms. The lowest BCUT2D eigenvalue weighted by molar-refractivity contribution is 0.0263. The summed E-state index contributed by atoms with van der Waals surface area (Å²) in [6, 6.07) is 21.6. The molecule has 1 nitrogen and oxygen atoms in total. The molecule has 0 heterocycles. The van der Waals surface area contributed by atoms with Gasteiger partial charge in [-0.15, -0.1) is 0 Å². The van der Waals surface area contributed by atoms with Gasteiger partial charge in [0.1, 0.15) is 0 Å². The van der Waals surface area contributed by atoms with Crippen LogP contribution in [-0.4, -0.2) is 14.6 Å². The third kappa shape index (κ3) is 4.17. The van der Waals surface area contributed by atoms with Crippen molar-refractivity contribution in [1.29, 1.82) is 0 Å². The van der Waals surface area contributed by atoms with Gasteiger partial charge in [-0.1, -0.05) is 74.5 Å². The van der Waals surface area contributed by atoms with Crippen molar-refractivity contribution in [3.8, 4) is 0 Å². The molecule has 0 aromatic heterocycles. The fraction of sp³-hybridized carbons (Fsp3) is 0.455. The molecular formula is C22H29OSi. The van der Waals surface area contributed by atoms with Crippen LogP contribution < -0.4 is 10.4 Å². The Hall–Kier alpha value is -1.38. The Morgan fingerprint density at radius 1 is 0.875 bits per heavy atom. The second-order valence-corrected chi connectivity index (χ2v) is 9.71. The molecule has 2 aromatic carbocycles. The second-order valence-electron chi connectivity index (χ2n) is 7.69. The molecule has 1 aliphatic rings. The molecule has 2 aromatic rings. The normalized spacial score (nSPS) is 24.5. The van der Waals surface area contributed by atoms with Crippen molar-refractivity contribution in [3.63, 3.8) is 0 Å². The summed E-state index contributed by atoms with van der Waals surface area (Å²) in [5.41, 5.74) is 0.0192. The highest BCUT2D eigenvalue weighted by Crippen LogP contribution is 2.38. The van der Waals surface area contributed by atoms with E-state index in [-0.39, 0.29) is 5.60 Å². The van der Waals surface area contributed by atoms with Gasteiger partial charge in [0.25, 0.3) is 9.04 Å². The molecule has 0 saturated heterocycles. The van der Waals surface area contributed by atoms with E-state index < -0.39 is 9.04 Å². The maximum absolute atomic E-state index is 6.88. The highest BCUT2D eigenvalue weighted by molar-refractivity contribution is 6.80. The van der Waals surface area contributed by atoms with Gasteiger partial charge in [-0.05, 0) is 54.8 Å². The lowest BCUT2D eigenvalue weighted by Crippen LogP contribution is -2.51. The van der Waals surface area contributed by atoms with Crippen LogP contribution in [0.1, 0.15) is 46.5 Å². The molecule has 1 fully saturated rings. The first-order valence-corrected chi connectivity index (χ1v) is 10.6. The molecule has 0 unspecified atom stereocenters. The maximum atomic E-state index is 6.88. The Morgan fingerprint density at radius 2 is 1.33 bits per heavy atom. The Bertz CT molecular complexity index is 575. The van der Waals surface area contributed by atoms with Crippen LogP contribution in [0, 0.1) is 11.8 Å². The van der Waals surface area contributed by atoms with Crippen molar-refractivity contribution in [1.82, 2.24) is 0 Å². The Labute approximate surface area is 148 Å². The zero-order valence-corrected chi connectivity index (χ0v) is 16.2. The van der Waals surface area contributed by atoms with Gasteiger partial charge in [0, 0.05) is 0 Å². The lowest BCUT2D eigenvalue weighted by atomic mass is 9.75. The van der Waals surface area contributed by atoms with Crippen molar-refractivity contribution in [2.45, 2.75) is 52.1 Å².